The summed E-state index contributed by atoms with van der Waals surface area (Å²) < 4.78 is 33.1. The highest BCUT2D eigenvalue weighted by Gasteiger charge is 2.12. The van der Waals surface area contributed by atoms with Crippen LogP contribution in [0.2, 0.25) is 5.02 Å². The van der Waals surface area contributed by atoms with Gasteiger partial charge in [-0.15, -0.1) is 0 Å². The Morgan fingerprint density at radius 2 is 1.97 bits per heavy atom. The molecule has 4 aromatic rings. The van der Waals surface area contributed by atoms with E-state index in [9.17, 15) is 8.78 Å². The molecule has 9 heteroatoms. The lowest BCUT2D eigenvalue weighted by Crippen LogP contribution is -2.06. The SMILES string of the molecule is COc1ncc(F)cc1CNc1ccc(Cc2c[nH]c3ncc(Cl)cc23)c(F)n1. The second-order valence-corrected chi connectivity index (χ2v) is 6.80. The number of H-pyrrole nitrogens is 1. The molecule has 0 atom stereocenters. The minimum Gasteiger partial charge on any atom is -0.481 e. The number of hydrogen-bond acceptors (Lipinski definition) is 5. The van der Waals surface area contributed by atoms with Gasteiger partial charge in [-0.3, -0.25) is 0 Å². The summed E-state index contributed by atoms with van der Waals surface area (Å²) in [7, 11) is 1.45. The number of halogens is 3. The molecule has 0 aliphatic carbocycles. The van der Waals surface area contributed by atoms with Crippen LogP contribution in [0.25, 0.3) is 11.0 Å². The van der Waals surface area contributed by atoms with Gasteiger partial charge in [0, 0.05) is 41.9 Å². The van der Waals surface area contributed by atoms with Crippen LogP contribution in [0.3, 0.4) is 0 Å². The van der Waals surface area contributed by atoms with Crippen LogP contribution in [0.1, 0.15) is 16.7 Å². The average molecular weight is 416 g/mol. The van der Waals surface area contributed by atoms with Gasteiger partial charge >= 0.3 is 0 Å². The quantitative estimate of drug-likeness (QED) is 0.453. The van der Waals surface area contributed by atoms with Crippen molar-refractivity contribution in [3.05, 3.63) is 76.3 Å². The van der Waals surface area contributed by atoms with E-state index in [1.807, 2.05) is 0 Å². The number of aromatic nitrogens is 4. The molecule has 0 radical (unpaired) electrons. The lowest BCUT2D eigenvalue weighted by Gasteiger charge is -2.10. The Hall–Kier alpha value is -3.26. The van der Waals surface area contributed by atoms with Crippen LogP contribution in [-0.2, 0) is 13.0 Å². The van der Waals surface area contributed by atoms with Crippen molar-refractivity contribution in [3.63, 3.8) is 0 Å². The summed E-state index contributed by atoms with van der Waals surface area (Å²) in [5, 5.41) is 4.31. The molecule has 0 aliphatic heterocycles. The number of rotatable bonds is 6. The van der Waals surface area contributed by atoms with Crippen molar-refractivity contribution >= 4 is 28.5 Å². The molecule has 0 aliphatic rings. The fourth-order valence-corrected chi connectivity index (χ4v) is 3.20. The van der Waals surface area contributed by atoms with Gasteiger partial charge in [-0.2, -0.15) is 4.39 Å². The van der Waals surface area contributed by atoms with Gasteiger partial charge in [-0.05, 0) is 23.8 Å². The first-order valence-corrected chi connectivity index (χ1v) is 9.10. The fourth-order valence-electron chi connectivity index (χ4n) is 3.04. The average Bonchev–Trinajstić information content (AvgIpc) is 3.10. The number of ether oxygens (including phenoxy) is 1. The summed E-state index contributed by atoms with van der Waals surface area (Å²) in [6.07, 6.45) is 4.74. The van der Waals surface area contributed by atoms with Crippen molar-refractivity contribution in [1.29, 1.82) is 0 Å². The van der Waals surface area contributed by atoms with Crippen LogP contribution in [-0.4, -0.2) is 27.0 Å². The zero-order chi connectivity index (χ0) is 20.4. The van der Waals surface area contributed by atoms with Gasteiger partial charge < -0.3 is 15.0 Å². The van der Waals surface area contributed by atoms with Crippen molar-refractivity contribution < 1.29 is 13.5 Å². The number of pyridine rings is 3. The topological polar surface area (TPSA) is 75.7 Å². The zero-order valence-corrected chi connectivity index (χ0v) is 16.1. The highest BCUT2D eigenvalue weighted by Crippen LogP contribution is 2.24. The first kappa shape index (κ1) is 19.1. The Morgan fingerprint density at radius 1 is 1.10 bits per heavy atom. The monoisotopic (exact) mass is 415 g/mol. The molecule has 4 aromatic heterocycles. The predicted octanol–water partition coefficient (Wildman–Crippen LogP) is 4.50. The van der Waals surface area contributed by atoms with Crippen molar-refractivity contribution in [3.8, 4) is 5.88 Å². The van der Waals surface area contributed by atoms with Gasteiger partial charge in [0.05, 0.1) is 18.3 Å². The summed E-state index contributed by atoms with van der Waals surface area (Å²) in [6, 6.07) is 6.41. The molecule has 148 valence electrons. The molecule has 0 saturated heterocycles. The third-order valence-corrected chi connectivity index (χ3v) is 4.64. The van der Waals surface area contributed by atoms with Gasteiger partial charge in [-0.25, -0.2) is 19.3 Å². The van der Waals surface area contributed by atoms with Crippen molar-refractivity contribution in [2.24, 2.45) is 0 Å². The van der Waals surface area contributed by atoms with E-state index in [0.717, 1.165) is 17.1 Å². The first-order valence-electron chi connectivity index (χ1n) is 8.72. The highest BCUT2D eigenvalue weighted by atomic mass is 35.5. The van der Waals surface area contributed by atoms with Crippen LogP contribution in [0, 0.1) is 11.8 Å². The minimum absolute atomic E-state index is 0.187. The fraction of sp³-hybridized carbons (Fsp3) is 0.150. The van der Waals surface area contributed by atoms with Gasteiger partial charge in [-0.1, -0.05) is 17.7 Å². The van der Waals surface area contributed by atoms with E-state index in [0.29, 0.717) is 39.9 Å². The summed E-state index contributed by atoms with van der Waals surface area (Å²) in [5.41, 5.74) is 2.49. The van der Waals surface area contributed by atoms with Crippen LogP contribution in [0.5, 0.6) is 5.88 Å². The van der Waals surface area contributed by atoms with Gasteiger partial charge in [0.15, 0.2) is 0 Å². The number of nitrogens with zero attached hydrogens (tertiary/aromatic N) is 3. The van der Waals surface area contributed by atoms with Crippen LogP contribution in [0.4, 0.5) is 14.6 Å². The molecule has 0 aromatic carbocycles. The lowest BCUT2D eigenvalue weighted by molar-refractivity contribution is 0.391. The zero-order valence-electron chi connectivity index (χ0n) is 15.3. The van der Waals surface area contributed by atoms with Crippen LogP contribution < -0.4 is 10.1 Å². The molecule has 0 amide bonds. The number of hydrogen-bond donors (Lipinski definition) is 2. The normalized spacial score (nSPS) is 11.0. The van der Waals surface area contributed by atoms with E-state index >= 15 is 0 Å². The summed E-state index contributed by atoms with van der Waals surface area (Å²) in [6.45, 7) is 0.187. The van der Waals surface area contributed by atoms with Crippen molar-refractivity contribution in [2.75, 3.05) is 12.4 Å². The Morgan fingerprint density at radius 3 is 2.76 bits per heavy atom. The van der Waals surface area contributed by atoms with E-state index in [1.165, 1.54) is 13.2 Å². The number of nitrogens with one attached hydrogen (secondary N) is 2. The van der Waals surface area contributed by atoms with Crippen molar-refractivity contribution in [1.82, 2.24) is 19.9 Å². The molecule has 6 nitrogen and oxygen atoms in total. The number of aromatic amines is 1. The second-order valence-electron chi connectivity index (χ2n) is 6.36. The van der Waals surface area contributed by atoms with Gasteiger partial charge in [0.2, 0.25) is 11.8 Å². The van der Waals surface area contributed by atoms with E-state index in [1.54, 1.807) is 30.6 Å². The maximum Gasteiger partial charge on any atom is 0.218 e. The third kappa shape index (κ3) is 4.12. The molecule has 2 N–H and O–H groups in total. The van der Waals surface area contributed by atoms with E-state index < -0.39 is 11.8 Å². The summed E-state index contributed by atoms with van der Waals surface area (Å²) >= 11 is 6.01. The second kappa shape index (κ2) is 8.00. The van der Waals surface area contributed by atoms with Gasteiger partial charge in [0.1, 0.15) is 17.3 Å². The lowest BCUT2D eigenvalue weighted by atomic mass is 10.1. The molecule has 0 saturated carbocycles. The molecule has 29 heavy (non-hydrogen) atoms. The maximum atomic E-state index is 14.6. The van der Waals surface area contributed by atoms with E-state index in [4.69, 9.17) is 16.3 Å². The van der Waals surface area contributed by atoms with E-state index in [2.05, 4.69) is 25.3 Å². The van der Waals surface area contributed by atoms with Crippen molar-refractivity contribution in [2.45, 2.75) is 13.0 Å². The minimum atomic E-state index is -0.594. The Labute approximate surface area is 169 Å². The predicted molar refractivity (Wildman–Crippen MR) is 106 cm³/mol. The van der Waals surface area contributed by atoms with Crippen LogP contribution in [0.15, 0.2) is 42.9 Å². The molecule has 4 heterocycles. The Kier molecular flexibility index (Phi) is 5.26. The third-order valence-electron chi connectivity index (χ3n) is 4.44. The number of anilines is 1. The Bertz CT molecular complexity index is 1180. The van der Waals surface area contributed by atoms with Crippen LogP contribution >= 0.6 is 11.6 Å². The molecular formula is C20H16ClF2N5O. The Balaban J connectivity index is 1.51. The van der Waals surface area contributed by atoms with Gasteiger partial charge in [0.25, 0.3) is 0 Å². The number of fused-ring (bicyclic) bond motifs is 1. The standard InChI is InChI=1S/C20H16ClF2N5O/c1-29-20-13(5-15(22)10-27-20)8-24-17-3-2-11(18(23)28-17)4-12-7-25-19-16(12)6-14(21)9-26-19/h2-3,5-7,9-10H,4,8H2,1H3,(H,24,28)(H,25,26). The molecule has 0 fully saturated rings. The summed E-state index contributed by atoms with van der Waals surface area (Å²) in [4.78, 5) is 15.1. The molecule has 4 rings (SSSR count). The number of methoxy groups -OCH3 is 1. The largest absolute Gasteiger partial charge is 0.481 e. The highest BCUT2D eigenvalue weighted by molar-refractivity contribution is 6.31. The molecule has 0 spiro atoms. The molecular weight excluding hydrogens is 400 g/mol. The first-order chi connectivity index (χ1) is 14.0. The maximum absolute atomic E-state index is 14.6. The van der Waals surface area contributed by atoms with E-state index in [-0.39, 0.29) is 6.54 Å². The molecule has 0 bridgehead atoms. The molecule has 0 unspecified atom stereocenters. The summed E-state index contributed by atoms with van der Waals surface area (Å²) in [5.74, 6) is -0.460. The smallest absolute Gasteiger partial charge is 0.218 e.